The summed E-state index contributed by atoms with van der Waals surface area (Å²) in [5.74, 6) is -0.477. The van der Waals surface area contributed by atoms with Gasteiger partial charge in [0.15, 0.2) is 0 Å². The summed E-state index contributed by atoms with van der Waals surface area (Å²) in [6, 6.07) is 7.32. The van der Waals surface area contributed by atoms with Crippen molar-refractivity contribution in [3.8, 4) is 0 Å². The van der Waals surface area contributed by atoms with Crippen LogP contribution in [0.5, 0.6) is 0 Å². The van der Waals surface area contributed by atoms with Gasteiger partial charge in [-0.3, -0.25) is 10.1 Å². The number of nitrogens with one attached hydrogen (secondary N) is 1. The number of halogens is 3. The second-order valence-corrected chi connectivity index (χ2v) is 5.29. The fraction of sp³-hybridized carbons (Fsp3) is 0.143. The van der Waals surface area contributed by atoms with Crippen LogP contribution in [0.3, 0.4) is 0 Å². The summed E-state index contributed by atoms with van der Waals surface area (Å²) in [5, 5.41) is 14.0. The first-order chi connectivity index (χ1) is 9.88. The molecule has 1 N–H and O–H groups in total. The molecule has 0 aromatic heterocycles. The lowest BCUT2D eigenvalue weighted by atomic mass is 10.1. The maximum atomic E-state index is 13.1. The van der Waals surface area contributed by atoms with Crippen molar-refractivity contribution in [2.45, 2.75) is 13.5 Å². The zero-order chi connectivity index (χ0) is 15.6. The standard InChI is InChI=1S/C14H11Cl2FN2O2/c1-8-4-14(19(20)21)11(16)6-13(8)18-7-9-2-3-12(17)10(15)5-9/h2-6,18H,7H2,1H3. The number of nitrogens with zero attached hydrogens (tertiary/aromatic N) is 1. The van der Waals surface area contributed by atoms with Crippen LogP contribution < -0.4 is 5.32 Å². The lowest BCUT2D eigenvalue weighted by Gasteiger charge is -2.11. The predicted octanol–water partition coefficient (Wildman–Crippen LogP) is 4.96. The highest BCUT2D eigenvalue weighted by Crippen LogP contribution is 2.30. The molecular weight excluding hydrogens is 318 g/mol. The van der Waals surface area contributed by atoms with Crippen molar-refractivity contribution in [2.75, 3.05) is 5.32 Å². The summed E-state index contributed by atoms with van der Waals surface area (Å²) >= 11 is 11.6. The van der Waals surface area contributed by atoms with Gasteiger partial charge in [-0.1, -0.05) is 29.3 Å². The molecule has 0 unspecified atom stereocenters. The minimum atomic E-state index is -0.529. The molecule has 0 aliphatic rings. The van der Waals surface area contributed by atoms with Crippen molar-refractivity contribution in [1.29, 1.82) is 0 Å². The third-order valence-corrected chi connectivity index (χ3v) is 3.55. The first-order valence-corrected chi connectivity index (χ1v) is 6.76. The predicted molar refractivity (Wildman–Crippen MR) is 81.6 cm³/mol. The van der Waals surface area contributed by atoms with Gasteiger partial charge >= 0.3 is 0 Å². The first-order valence-electron chi connectivity index (χ1n) is 6.01. The van der Waals surface area contributed by atoms with Gasteiger partial charge in [-0.15, -0.1) is 0 Å². The molecule has 110 valence electrons. The third kappa shape index (κ3) is 3.62. The molecule has 0 saturated carbocycles. The number of nitro groups is 1. The smallest absolute Gasteiger partial charge is 0.288 e. The van der Waals surface area contributed by atoms with Gasteiger partial charge in [0.05, 0.1) is 9.95 Å². The van der Waals surface area contributed by atoms with Crippen LogP contribution in [0.25, 0.3) is 0 Å². The van der Waals surface area contributed by atoms with Crippen LogP contribution in [0.2, 0.25) is 10.0 Å². The minimum Gasteiger partial charge on any atom is -0.381 e. The van der Waals surface area contributed by atoms with Gasteiger partial charge in [-0.25, -0.2) is 4.39 Å². The maximum absolute atomic E-state index is 13.1. The molecule has 0 radical (unpaired) electrons. The van der Waals surface area contributed by atoms with Gasteiger partial charge in [-0.2, -0.15) is 0 Å². The number of rotatable bonds is 4. The van der Waals surface area contributed by atoms with Crippen LogP contribution in [0, 0.1) is 22.9 Å². The monoisotopic (exact) mass is 328 g/mol. The van der Waals surface area contributed by atoms with Crippen LogP contribution >= 0.6 is 23.2 Å². The van der Waals surface area contributed by atoms with Crippen LogP contribution in [0.4, 0.5) is 15.8 Å². The summed E-state index contributed by atoms with van der Waals surface area (Å²) in [6.45, 7) is 2.14. The Labute approximate surface area is 130 Å². The molecule has 0 fully saturated rings. The van der Waals surface area contributed by atoms with Crippen molar-refractivity contribution in [2.24, 2.45) is 0 Å². The molecule has 7 heteroatoms. The highest BCUT2D eigenvalue weighted by molar-refractivity contribution is 6.33. The third-order valence-electron chi connectivity index (χ3n) is 2.96. The molecule has 0 atom stereocenters. The Hall–Kier alpha value is -1.85. The Kier molecular flexibility index (Phi) is 4.65. The van der Waals surface area contributed by atoms with Crippen molar-refractivity contribution in [1.82, 2.24) is 0 Å². The number of nitro benzene ring substituents is 1. The number of benzene rings is 2. The van der Waals surface area contributed by atoms with Gasteiger partial charge in [0.2, 0.25) is 0 Å². The Balaban J connectivity index is 2.18. The van der Waals surface area contributed by atoms with Crippen molar-refractivity contribution in [3.63, 3.8) is 0 Å². The summed E-state index contributed by atoms with van der Waals surface area (Å²) in [6.07, 6.45) is 0. The Bertz CT molecular complexity index is 708. The number of hydrogen-bond acceptors (Lipinski definition) is 3. The minimum absolute atomic E-state index is 0.0488. The Morgan fingerprint density at radius 3 is 2.57 bits per heavy atom. The summed E-state index contributed by atoms with van der Waals surface area (Å²) in [5.41, 5.74) is 2.02. The zero-order valence-electron chi connectivity index (χ0n) is 11.0. The van der Waals surface area contributed by atoms with E-state index in [0.717, 1.165) is 5.56 Å². The van der Waals surface area contributed by atoms with E-state index in [1.807, 2.05) is 0 Å². The average molecular weight is 329 g/mol. The van der Waals surface area contributed by atoms with E-state index in [4.69, 9.17) is 23.2 Å². The van der Waals surface area contributed by atoms with E-state index in [1.54, 1.807) is 13.0 Å². The van der Waals surface area contributed by atoms with Crippen LogP contribution in [0.15, 0.2) is 30.3 Å². The van der Waals surface area contributed by atoms with Gasteiger partial charge in [0, 0.05) is 18.3 Å². The Morgan fingerprint density at radius 2 is 1.95 bits per heavy atom. The summed E-state index contributed by atoms with van der Waals surface area (Å²) < 4.78 is 13.1. The number of aryl methyl sites for hydroxylation is 1. The van der Waals surface area contributed by atoms with Gasteiger partial charge in [0.1, 0.15) is 10.8 Å². The summed E-state index contributed by atoms with van der Waals surface area (Å²) in [7, 11) is 0. The second kappa shape index (κ2) is 6.28. The van der Waals surface area contributed by atoms with E-state index in [-0.39, 0.29) is 15.7 Å². The Morgan fingerprint density at radius 1 is 1.24 bits per heavy atom. The topological polar surface area (TPSA) is 55.2 Å². The molecule has 2 rings (SSSR count). The van der Waals surface area contributed by atoms with E-state index in [0.29, 0.717) is 17.8 Å². The van der Waals surface area contributed by atoms with Crippen LogP contribution in [-0.4, -0.2) is 4.92 Å². The molecule has 2 aromatic carbocycles. The molecule has 21 heavy (non-hydrogen) atoms. The largest absolute Gasteiger partial charge is 0.381 e. The van der Waals surface area contributed by atoms with E-state index < -0.39 is 10.7 Å². The molecule has 0 bridgehead atoms. The summed E-state index contributed by atoms with van der Waals surface area (Å²) in [4.78, 5) is 10.3. The van der Waals surface area contributed by atoms with E-state index in [2.05, 4.69) is 5.32 Å². The van der Waals surface area contributed by atoms with Gasteiger partial charge in [-0.05, 0) is 36.2 Å². The molecule has 0 amide bonds. The highest BCUT2D eigenvalue weighted by Gasteiger charge is 2.14. The van der Waals surface area contributed by atoms with Crippen molar-refractivity contribution in [3.05, 3.63) is 67.4 Å². The molecule has 0 saturated heterocycles. The van der Waals surface area contributed by atoms with E-state index in [9.17, 15) is 14.5 Å². The van der Waals surface area contributed by atoms with Crippen molar-refractivity contribution < 1.29 is 9.31 Å². The lowest BCUT2D eigenvalue weighted by Crippen LogP contribution is -2.02. The van der Waals surface area contributed by atoms with Crippen LogP contribution in [-0.2, 0) is 6.54 Å². The molecular formula is C14H11Cl2FN2O2. The molecule has 0 aliphatic heterocycles. The second-order valence-electron chi connectivity index (χ2n) is 4.48. The molecule has 0 heterocycles. The highest BCUT2D eigenvalue weighted by atomic mass is 35.5. The molecule has 0 aliphatic carbocycles. The fourth-order valence-corrected chi connectivity index (χ4v) is 2.28. The molecule has 0 spiro atoms. The SMILES string of the molecule is Cc1cc([N+](=O)[O-])c(Cl)cc1NCc1ccc(F)c(Cl)c1. The lowest BCUT2D eigenvalue weighted by molar-refractivity contribution is -0.384. The number of hydrogen-bond donors (Lipinski definition) is 1. The fourth-order valence-electron chi connectivity index (χ4n) is 1.84. The zero-order valence-corrected chi connectivity index (χ0v) is 12.5. The van der Waals surface area contributed by atoms with Crippen LogP contribution in [0.1, 0.15) is 11.1 Å². The van der Waals surface area contributed by atoms with Gasteiger partial charge in [0.25, 0.3) is 5.69 Å². The molecule has 2 aromatic rings. The first kappa shape index (κ1) is 15.5. The van der Waals surface area contributed by atoms with E-state index in [1.165, 1.54) is 24.3 Å². The quantitative estimate of drug-likeness (QED) is 0.637. The average Bonchev–Trinajstić information content (AvgIpc) is 2.42. The number of anilines is 1. The normalized spacial score (nSPS) is 10.5. The van der Waals surface area contributed by atoms with E-state index >= 15 is 0 Å². The maximum Gasteiger partial charge on any atom is 0.288 e. The van der Waals surface area contributed by atoms with Gasteiger partial charge < -0.3 is 5.32 Å². The molecule has 4 nitrogen and oxygen atoms in total. The van der Waals surface area contributed by atoms with Crippen molar-refractivity contribution >= 4 is 34.6 Å².